The van der Waals surface area contributed by atoms with Crippen molar-refractivity contribution in [2.24, 2.45) is 0 Å². The standard InChI is InChI=1S/C34H36ClF2N3O4S/c1-34(2,3)44-33(42)39(4)23-7-9-24(10-8-23)40(32(41)31-29(35)28-25(36)11-12-26(37)30(28)45-31)19-22-18-21(6-13-27(22)43-5)20-14-16-38-17-15-20/h6,11-18,23-24H,7-10,19H2,1-5H3. The van der Waals surface area contributed by atoms with Crippen molar-refractivity contribution < 1.29 is 27.8 Å². The van der Waals surface area contributed by atoms with E-state index in [1.165, 1.54) is 0 Å². The first-order valence-corrected chi connectivity index (χ1v) is 16.0. The molecule has 0 spiro atoms. The smallest absolute Gasteiger partial charge is 0.410 e. The molecule has 0 aliphatic heterocycles. The number of benzene rings is 2. The number of halogens is 3. The fourth-order valence-electron chi connectivity index (χ4n) is 5.78. The lowest BCUT2D eigenvalue weighted by atomic mass is 9.89. The molecule has 1 saturated carbocycles. The van der Waals surface area contributed by atoms with Crippen molar-refractivity contribution in [1.29, 1.82) is 0 Å². The van der Waals surface area contributed by atoms with Crippen LogP contribution in [-0.4, -0.2) is 58.6 Å². The summed E-state index contributed by atoms with van der Waals surface area (Å²) in [6, 6.07) is 11.3. The molecule has 2 aromatic carbocycles. The van der Waals surface area contributed by atoms with Gasteiger partial charge in [0, 0.05) is 43.6 Å². The number of hydrogen-bond acceptors (Lipinski definition) is 6. The van der Waals surface area contributed by atoms with E-state index in [9.17, 15) is 18.4 Å². The van der Waals surface area contributed by atoms with Gasteiger partial charge >= 0.3 is 6.09 Å². The van der Waals surface area contributed by atoms with Crippen LogP contribution in [0.2, 0.25) is 5.02 Å². The molecule has 0 atom stereocenters. The number of pyridine rings is 1. The van der Waals surface area contributed by atoms with Crippen molar-refractivity contribution in [3.05, 3.63) is 82.0 Å². The van der Waals surface area contributed by atoms with E-state index in [-0.39, 0.29) is 38.6 Å². The third-order valence-corrected chi connectivity index (χ3v) is 9.78. The lowest BCUT2D eigenvalue weighted by Crippen LogP contribution is -2.47. The van der Waals surface area contributed by atoms with Crippen LogP contribution in [0.15, 0.2) is 54.9 Å². The maximum atomic E-state index is 14.8. The number of amides is 2. The van der Waals surface area contributed by atoms with Gasteiger partial charge in [0.15, 0.2) is 0 Å². The second kappa shape index (κ2) is 13.3. The number of ether oxygens (including phenoxy) is 2. The maximum Gasteiger partial charge on any atom is 0.410 e. The number of rotatable bonds is 7. The number of nitrogens with zero attached hydrogens (tertiary/aromatic N) is 3. The molecule has 2 aromatic heterocycles. The first-order chi connectivity index (χ1) is 21.4. The van der Waals surface area contributed by atoms with Crippen LogP contribution < -0.4 is 4.74 Å². The zero-order valence-corrected chi connectivity index (χ0v) is 27.5. The Morgan fingerprint density at radius 3 is 2.24 bits per heavy atom. The molecule has 0 saturated heterocycles. The van der Waals surface area contributed by atoms with Crippen molar-refractivity contribution in [1.82, 2.24) is 14.8 Å². The molecule has 7 nitrogen and oxygen atoms in total. The molecule has 11 heteroatoms. The molecule has 1 aliphatic carbocycles. The van der Waals surface area contributed by atoms with Crippen molar-refractivity contribution in [3.63, 3.8) is 0 Å². The van der Waals surface area contributed by atoms with Gasteiger partial charge in [-0.25, -0.2) is 13.6 Å². The van der Waals surface area contributed by atoms with E-state index in [0.29, 0.717) is 31.4 Å². The highest BCUT2D eigenvalue weighted by molar-refractivity contribution is 7.21. The van der Waals surface area contributed by atoms with Gasteiger partial charge in [-0.1, -0.05) is 17.7 Å². The van der Waals surface area contributed by atoms with Crippen molar-refractivity contribution in [2.75, 3.05) is 14.2 Å². The third kappa shape index (κ3) is 7.07. The van der Waals surface area contributed by atoms with Crippen LogP contribution in [-0.2, 0) is 11.3 Å². The Hall–Kier alpha value is -3.76. The summed E-state index contributed by atoms with van der Waals surface area (Å²) in [6.07, 6.45) is 5.51. The Balaban J connectivity index is 1.49. The van der Waals surface area contributed by atoms with Crippen LogP contribution in [0.25, 0.3) is 21.2 Å². The average Bonchev–Trinajstić information content (AvgIpc) is 3.38. The molecular formula is C34H36ClF2N3O4S. The van der Waals surface area contributed by atoms with Gasteiger partial charge in [0.2, 0.25) is 0 Å². The van der Waals surface area contributed by atoms with E-state index < -0.39 is 29.2 Å². The summed E-state index contributed by atoms with van der Waals surface area (Å²) in [7, 11) is 3.31. The Bertz CT molecular complexity index is 1700. The number of carbonyl (C=O) groups excluding carboxylic acids is 2. The summed E-state index contributed by atoms with van der Waals surface area (Å²) < 4.78 is 40.7. The number of carbonyl (C=O) groups is 2. The van der Waals surface area contributed by atoms with Gasteiger partial charge < -0.3 is 19.3 Å². The Labute approximate surface area is 270 Å². The lowest BCUT2D eigenvalue weighted by Gasteiger charge is -2.40. The summed E-state index contributed by atoms with van der Waals surface area (Å²) in [6.45, 7) is 5.66. The fraction of sp³-hybridized carbons (Fsp3) is 0.382. The Morgan fingerprint density at radius 2 is 1.62 bits per heavy atom. The van der Waals surface area contributed by atoms with E-state index in [2.05, 4.69) is 4.98 Å². The molecule has 2 heterocycles. The first-order valence-electron chi connectivity index (χ1n) is 14.8. The van der Waals surface area contributed by atoms with Crippen LogP contribution in [0, 0.1) is 11.6 Å². The minimum Gasteiger partial charge on any atom is -0.496 e. The molecule has 238 valence electrons. The molecular weight excluding hydrogens is 620 g/mol. The van der Waals surface area contributed by atoms with Crippen LogP contribution in [0.1, 0.15) is 61.7 Å². The molecule has 45 heavy (non-hydrogen) atoms. The highest BCUT2D eigenvalue weighted by atomic mass is 35.5. The topological polar surface area (TPSA) is 72.0 Å². The van der Waals surface area contributed by atoms with Gasteiger partial charge in [0.1, 0.15) is 27.9 Å². The van der Waals surface area contributed by atoms with Crippen LogP contribution in [0.5, 0.6) is 5.75 Å². The zero-order valence-electron chi connectivity index (χ0n) is 25.9. The van der Waals surface area contributed by atoms with Crippen molar-refractivity contribution >= 4 is 45.0 Å². The van der Waals surface area contributed by atoms with E-state index in [0.717, 1.165) is 40.2 Å². The Morgan fingerprint density at radius 1 is 0.978 bits per heavy atom. The highest BCUT2D eigenvalue weighted by Gasteiger charge is 2.35. The zero-order chi connectivity index (χ0) is 32.5. The summed E-state index contributed by atoms with van der Waals surface area (Å²) in [5, 5.41) is -0.192. The summed E-state index contributed by atoms with van der Waals surface area (Å²) in [5.74, 6) is -1.14. The van der Waals surface area contributed by atoms with Crippen LogP contribution >= 0.6 is 22.9 Å². The lowest BCUT2D eigenvalue weighted by molar-refractivity contribution is 0.0144. The van der Waals surface area contributed by atoms with Gasteiger partial charge in [-0.05, 0) is 94.0 Å². The molecule has 0 unspecified atom stereocenters. The Kier molecular flexibility index (Phi) is 9.65. The molecule has 5 rings (SSSR count). The van der Waals surface area contributed by atoms with E-state index >= 15 is 0 Å². The molecule has 1 aliphatic rings. The van der Waals surface area contributed by atoms with Gasteiger partial charge in [-0.2, -0.15) is 0 Å². The van der Waals surface area contributed by atoms with Crippen molar-refractivity contribution in [2.45, 2.75) is 70.7 Å². The van der Waals surface area contributed by atoms with Gasteiger partial charge in [0.25, 0.3) is 5.91 Å². The molecule has 0 bridgehead atoms. The number of methoxy groups -OCH3 is 1. The van der Waals surface area contributed by atoms with E-state index in [4.69, 9.17) is 21.1 Å². The second-order valence-electron chi connectivity index (χ2n) is 12.2. The molecule has 0 radical (unpaired) electrons. The molecule has 4 aromatic rings. The quantitative estimate of drug-likeness (QED) is 0.199. The molecule has 2 amide bonds. The SMILES string of the molecule is COc1ccc(-c2ccncc2)cc1CN(C(=O)c1sc2c(F)ccc(F)c2c1Cl)C1CCC(N(C)C(=O)OC(C)(C)C)CC1. The van der Waals surface area contributed by atoms with Crippen LogP contribution in [0.3, 0.4) is 0 Å². The van der Waals surface area contributed by atoms with Gasteiger partial charge in [0.05, 0.1) is 22.2 Å². The van der Waals surface area contributed by atoms with Crippen molar-refractivity contribution in [3.8, 4) is 16.9 Å². The predicted molar refractivity (Wildman–Crippen MR) is 173 cm³/mol. The number of hydrogen-bond donors (Lipinski definition) is 0. The molecule has 0 N–H and O–H groups in total. The molecule has 1 fully saturated rings. The largest absolute Gasteiger partial charge is 0.496 e. The predicted octanol–water partition coefficient (Wildman–Crippen LogP) is 8.72. The second-order valence-corrected chi connectivity index (χ2v) is 13.6. The normalized spacial score (nSPS) is 16.8. The third-order valence-electron chi connectivity index (χ3n) is 8.11. The fourth-order valence-corrected chi connectivity index (χ4v) is 7.29. The van der Waals surface area contributed by atoms with Crippen LogP contribution in [0.4, 0.5) is 13.6 Å². The summed E-state index contributed by atoms with van der Waals surface area (Å²) in [5.41, 5.74) is 2.03. The summed E-state index contributed by atoms with van der Waals surface area (Å²) >= 11 is 7.45. The first kappa shape index (κ1) is 32.6. The number of aromatic nitrogens is 1. The number of fused-ring (bicyclic) bond motifs is 1. The van der Waals surface area contributed by atoms with Gasteiger partial charge in [-0.15, -0.1) is 11.3 Å². The van der Waals surface area contributed by atoms with E-state index in [1.54, 1.807) is 36.4 Å². The monoisotopic (exact) mass is 655 g/mol. The van der Waals surface area contributed by atoms with E-state index in [1.807, 2.05) is 51.1 Å². The summed E-state index contributed by atoms with van der Waals surface area (Å²) in [4.78, 5) is 34.7. The maximum absolute atomic E-state index is 14.8. The average molecular weight is 656 g/mol. The minimum absolute atomic E-state index is 0.00302. The van der Waals surface area contributed by atoms with Gasteiger partial charge in [-0.3, -0.25) is 9.78 Å². The number of thiophene rings is 1. The minimum atomic E-state index is -0.685. The highest BCUT2D eigenvalue weighted by Crippen LogP contribution is 2.41.